The Balaban J connectivity index is 1.63. The molecule has 0 aliphatic carbocycles. The number of thiazole rings is 1. The molecule has 0 aliphatic heterocycles. The summed E-state index contributed by atoms with van der Waals surface area (Å²) in [6.45, 7) is 3.64. The second-order valence-electron chi connectivity index (χ2n) is 5.32. The number of amides is 1. The van der Waals surface area contributed by atoms with Crippen molar-refractivity contribution in [2.24, 2.45) is 0 Å². The van der Waals surface area contributed by atoms with E-state index in [0.717, 1.165) is 10.7 Å². The van der Waals surface area contributed by atoms with Gasteiger partial charge in [-0.3, -0.25) is 4.79 Å². The van der Waals surface area contributed by atoms with Crippen LogP contribution in [0.3, 0.4) is 0 Å². The van der Waals surface area contributed by atoms with Crippen LogP contribution in [-0.4, -0.2) is 21.0 Å². The molecule has 0 spiro atoms. The van der Waals surface area contributed by atoms with Gasteiger partial charge >= 0.3 is 0 Å². The van der Waals surface area contributed by atoms with Crippen molar-refractivity contribution >= 4 is 23.3 Å². The first kappa shape index (κ1) is 17.0. The van der Waals surface area contributed by atoms with E-state index in [9.17, 15) is 9.18 Å². The minimum absolute atomic E-state index is 0.269. The third-order valence-corrected chi connectivity index (χ3v) is 4.11. The Morgan fingerprint density at radius 3 is 2.76 bits per heavy atom. The van der Waals surface area contributed by atoms with Gasteiger partial charge in [-0.1, -0.05) is 5.16 Å². The number of halogens is 1. The van der Waals surface area contributed by atoms with Crippen LogP contribution in [0.25, 0.3) is 17.5 Å². The third kappa shape index (κ3) is 4.36. The van der Waals surface area contributed by atoms with Crippen molar-refractivity contribution in [2.75, 3.05) is 0 Å². The Hall–Kier alpha value is -2.87. The molecule has 1 atom stereocenters. The summed E-state index contributed by atoms with van der Waals surface area (Å²) in [4.78, 5) is 20.4. The van der Waals surface area contributed by atoms with Gasteiger partial charge in [0.1, 0.15) is 11.9 Å². The SMILES string of the molecule is Cc1nc(/C=C\C(=O)N[C@H](C)c2nc(-c3ccc(F)cc3)no2)cs1. The topological polar surface area (TPSA) is 80.9 Å². The molecule has 2 heterocycles. The molecule has 2 aromatic heterocycles. The van der Waals surface area contributed by atoms with Crippen LogP contribution in [0, 0.1) is 12.7 Å². The van der Waals surface area contributed by atoms with Crippen LogP contribution in [0.5, 0.6) is 0 Å². The highest BCUT2D eigenvalue weighted by Crippen LogP contribution is 2.19. The van der Waals surface area contributed by atoms with E-state index in [4.69, 9.17) is 4.52 Å². The predicted molar refractivity (Wildman–Crippen MR) is 92.1 cm³/mol. The highest BCUT2D eigenvalue weighted by molar-refractivity contribution is 7.09. The quantitative estimate of drug-likeness (QED) is 0.706. The average Bonchev–Trinajstić information content (AvgIpc) is 3.23. The molecule has 0 aliphatic rings. The van der Waals surface area contributed by atoms with Crippen molar-refractivity contribution < 1.29 is 13.7 Å². The van der Waals surface area contributed by atoms with Gasteiger partial charge in [-0.2, -0.15) is 4.98 Å². The molecule has 6 nitrogen and oxygen atoms in total. The normalized spacial score (nSPS) is 12.4. The van der Waals surface area contributed by atoms with E-state index in [1.54, 1.807) is 25.1 Å². The second kappa shape index (κ2) is 7.35. The van der Waals surface area contributed by atoms with Crippen molar-refractivity contribution in [3.63, 3.8) is 0 Å². The zero-order valence-corrected chi connectivity index (χ0v) is 14.4. The molecule has 1 N–H and O–H groups in total. The molecule has 0 bridgehead atoms. The highest BCUT2D eigenvalue weighted by atomic mass is 32.1. The lowest BCUT2D eigenvalue weighted by atomic mass is 10.2. The van der Waals surface area contributed by atoms with Gasteiger partial charge in [0.15, 0.2) is 0 Å². The maximum absolute atomic E-state index is 13.0. The van der Waals surface area contributed by atoms with Gasteiger partial charge in [-0.05, 0) is 44.2 Å². The lowest BCUT2D eigenvalue weighted by Crippen LogP contribution is -2.24. The summed E-state index contributed by atoms with van der Waals surface area (Å²) in [7, 11) is 0. The molecular formula is C17H15FN4O2S. The molecule has 1 amide bonds. The molecule has 0 unspecified atom stereocenters. The molecule has 0 saturated heterocycles. The first-order valence-electron chi connectivity index (χ1n) is 7.51. The molecule has 1 aromatic carbocycles. The number of nitrogens with zero attached hydrogens (tertiary/aromatic N) is 3. The molecule has 0 saturated carbocycles. The van der Waals surface area contributed by atoms with Crippen molar-refractivity contribution in [1.29, 1.82) is 0 Å². The summed E-state index contributed by atoms with van der Waals surface area (Å²) in [5.74, 6) is -0.0231. The van der Waals surface area contributed by atoms with Gasteiger partial charge in [0.05, 0.1) is 10.7 Å². The van der Waals surface area contributed by atoms with E-state index in [1.165, 1.54) is 29.5 Å². The summed E-state index contributed by atoms with van der Waals surface area (Å²) >= 11 is 1.52. The second-order valence-corrected chi connectivity index (χ2v) is 6.38. The molecule has 8 heteroatoms. The van der Waals surface area contributed by atoms with Crippen molar-refractivity contribution in [3.05, 3.63) is 58.1 Å². The number of carbonyl (C=O) groups is 1. The summed E-state index contributed by atoms with van der Waals surface area (Å²) in [5.41, 5.74) is 1.37. The maximum Gasteiger partial charge on any atom is 0.249 e. The van der Waals surface area contributed by atoms with Gasteiger partial charge < -0.3 is 9.84 Å². The number of carbonyl (C=O) groups excluding carboxylic acids is 1. The first-order valence-corrected chi connectivity index (χ1v) is 8.39. The van der Waals surface area contributed by atoms with Crippen molar-refractivity contribution in [2.45, 2.75) is 19.9 Å². The van der Waals surface area contributed by atoms with E-state index in [-0.39, 0.29) is 17.6 Å². The fourth-order valence-electron chi connectivity index (χ4n) is 2.07. The average molecular weight is 358 g/mol. The number of rotatable bonds is 5. The number of hydrogen-bond donors (Lipinski definition) is 1. The van der Waals surface area contributed by atoms with Crippen LogP contribution in [0.15, 0.2) is 40.2 Å². The fourth-order valence-corrected chi connectivity index (χ4v) is 2.65. The number of benzene rings is 1. The minimum atomic E-state index is -0.462. The molecule has 0 fully saturated rings. The van der Waals surface area contributed by atoms with Gasteiger partial charge in [-0.25, -0.2) is 9.37 Å². The maximum atomic E-state index is 13.0. The molecule has 0 radical (unpaired) electrons. The monoisotopic (exact) mass is 358 g/mol. The molecule has 3 rings (SSSR count). The smallest absolute Gasteiger partial charge is 0.249 e. The summed E-state index contributed by atoms with van der Waals surface area (Å²) in [5, 5.41) is 9.40. The number of nitrogens with one attached hydrogen (secondary N) is 1. The fraction of sp³-hybridized carbons (Fsp3) is 0.176. The molecule has 128 valence electrons. The molecule has 25 heavy (non-hydrogen) atoms. The van der Waals surface area contributed by atoms with Crippen LogP contribution in [-0.2, 0) is 4.79 Å². The number of aryl methyl sites for hydroxylation is 1. The molecule has 3 aromatic rings. The van der Waals surface area contributed by atoms with E-state index in [2.05, 4.69) is 20.4 Å². The van der Waals surface area contributed by atoms with E-state index in [0.29, 0.717) is 11.4 Å². The summed E-state index contributed by atoms with van der Waals surface area (Å²) in [6.07, 6.45) is 3.05. The predicted octanol–water partition coefficient (Wildman–Crippen LogP) is 3.53. The Labute approximate surface area is 147 Å². The van der Waals surface area contributed by atoms with Crippen LogP contribution < -0.4 is 5.32 Å². The Bertz CT molecular complexity index is 902. The van der Waals surface area contributed by atoms with Crippen LogP contribution >= 0.6 is 11.3 Å². The Morgan fingerprint density at radius 2 is 2.08 bits per heavy atom. The van der Waals surface area contributed by atoms with Crippen LogP contribution in [0.2, 0.25) is 0 Å². The van der Waals surface area contributed by atoms with E-state index < -0.39 is 6.04 Å². The van der Waals surface area contributed by atoms with Crippen LogP contribution in [0.4, 0.5) is 4.39 Å². The third-order valence-electron chi connectivity index (χ3n) is 3.32. The van der Waals surface area contributed by atoms with Crippen molar-refractivity contribution in [1.82, 2.24) is 20.4 Å². The summed E-state index contributed by atoms with van der Waals surface area (Å²) < 4.78 is 18.1. The largest absolute Gasteiger partial charge is 0.341 e. The number of aromatic nitrogens is 3. The lowest BCUT2D eigenvalue weighted by molar-refractivity contribution is -0.117. The van der Waals surface area contributed by atoms with E-state index in [1.807, 2.05) is 12.3 Å². The highest BCUT2D eigenvalue weighted by Gasteiger charge is 2.16. The van der Waals surface area contributed by atoms with Crippen LogP contribution in [0.1, 0.15) is 29.6 Å². The minimum Gasteiger partial charge on any atom is -0.341 e. The summed E-state index contributed by atoms with van der Waals surface area (Å²) in [6, 6.07) is 5.30. The lowest BCUT2D eigenvalue weighted by Gasteiger charge is -2.06. The molecular weight excluding hydrogens is 343 g/mol. The van der Waals surface area contributed by atoms with Gasteiger partial charge in [0.2, 0.25) is 17.6 Å². The zero-order chi connectivity index (χ0) is 17.8. The number of hydrogen-bond acceptors (Lipinski definition) is 6. The zero-order valence-electron chi connectivity index (χ0n) is 13.6. The standard InChI is InChI=1S/C17H15FN4O2S/c1-10(19-15(23)8-7-14-9-25-11(2)20-14)17-21-16(22-24-17)12-3-5-13(18)6-4-12/h3-10H,1-2H3,(H,19,23)/b8-7-/t10-/m1/s1. The van der Waals surface area contributed by atoms with E-state index >= 15 is 0 Å². The van der Waals surface area contributed by atoms with Gasteiger partial charge in [0, 0.05) is 17.0 Å². The van der Waals surface area contributed by atoms with Crippen molar-refractivity contribution in [3.8, 4) is 11.4 Å². The van der Waals surface area contributed by atoms with Gasteiger partial charge in [-0.15, -0.1) is 11.3 Å². The first-order chi connectivity index (χ1) is 12.0. The Morgan fingerprint density at radius 1 is 1.32 bits per heavy atom. The van der Waals surface area contributed by atoms with Gasteiger partial charge in [0.25, 0.3) is 0 Å². The Kier molecular flexibility index (Phi) is 4.99.